The van der Waals surface area contributed by atoms with Gasteiger partial charge in [-0.2, -0.15) is 5.10 Å². The van der Waals surface area contributed by atoms with Crippen molar-refractivity contribution >= 4 is 5.78 Å². The largest absolute Gasteiger partial charge is 0.493 e. The van der Waals surface area contributed by atoms with Crippen LogP contribution in [0.15, 0.2) is 24.3 Å². The van der Waals surface area contributed by atoms with E-state index in [1.54, 1.807) is 26.1 Å². The number of aromatic nitrogens is 2. The second-order valence-corrected chi connectivity index (χ2v) is 4.11. The highest BCUT2D eigenvalue weighted by Gasteiger charge is 2.20. The standard InChI is InChI=1S/C13H14N2O2/c1-8-5-4-6-10(7-8)12(16)11-9(2)14-15(3)13(11)17/h4-7,17H,1-3H3. The number of rotatable bonds is 2. The highest BCUT2D eigenvalue weighted by molar-refractivity contribution is 6.11. The molecule has 1 heterocycles. The summed E-state index contributed by atoms with van der Waals surface area (Å²) in [5.74, 6) is -0.286. The van der Waals surface area contributed by atoms with Crippen LogP contribution in [0.25, 0.3) is 0 Å². The Morgan fingerprint density at radius 1 is 1.35 bits per heavy atom. The number of benzene rings is 1. The summed E-state index contributed by atoms with van der Waals surface area (Å²) in [6.07, 6.45) is 0. The molecule has 0 saturated heterocycles. The quantitative estimate of drug-likeness (QED) is 0.802. The van der Waals surface area contributed by atoms with E-state index in [1.165, 1.54) is 4.68 Å². The van der Waals surface area contributed by atoms with Crippen LogP contribution in [-0.4, -0.2) is 20.7 Å². The Morgan fingerprint density at radius 2 is 2.06 bits per heavy atom. The molecule has 1 aromatic carbocycles. The van der Waals surface area contributed by atoms with E-state index in [4.69, 9.17) is 0 Å². The van der Waals surface area contributed by atoms with Crippen LogP contribution in [0.4, 0.5) is 0 Å². The van der Waals surface area contributed by atoms with Crippen molar-refractivity contribution in [3.8, 4) is 5.88 Å². The Hall–Kier alpha value is -2.10. The first-order valence-corrected chi connectivity index (χ1v) is 5.34. The van der Waals surface area contributed by atoms with Gasteiger partial charge in [0, 0.05) is 12.6 Å². The monoisotopic (exact) mass is 230 g/mol. The van der Waals surface area contributed by atoms with Gasteiger partial charge in [0.25, 0.3) is 0 Å². The number of nitrogens with zero attached hydrogens (tertiary/aromatic N) is 2. The lowest BCUT2D eigenvalue weighted by Gasteiger charge is -2.01. The summed E-state index contributed by atoms with van der Waals surface area (Å²) in [6, 6.07) is 7.29. The van der Waals surface area contributed by atoms with Crippen molar-refractivity contribution in [1.82, 2.24) is 9.78 Å². The third-order valence-corrected chi connectivity index (χ3v) is 2.70. The minimum atomic E-state index is -0.197. The van der Waals surface area contributed by atoms with Crippen LogP contribution in [-0.2, 0) is 7.05 Å². The fourth-order valence-corrected chi connectivity index (χ4v) is 1.84. The van der Waals surface area contributed by atoms with E-state index >= 15 is 0 Å². The van der Waals surface area contributed by atoms with Crippen molar-refractivity contribution in [2.75, 3.05) is 0 Å². The zero-order chi connectivity index (χ0) is 12.6. The lowest BCUT2D eigenvalue weighted by Crippen LogP contribution is -2.02. The van der Waals surface area contributed by atoms with Gasteiger partial charge in [-0.15, -0.1) is 0 Å². The summed E-state index contributed by atoms with van der Waals surface area (Å²) >= 11 is 0. The minimum absolute atomic E-state index is 0.0889. The summed E-state index contributed by atoms with van der Waals surface area (Å²) < 4.78 is 1.30. The predicted molar refractivity (Wildman–Crippen MR) is 64.2 cm³/mol. The van der Waals surface area contributed by atoms with Crippen LogP contribution in [0.1, 0.15) is 27.2 Å². The zero-order valence-electron chi connectivity index (χ0n) is 10.1. The van der Waals surface area contributed by atoms with Crippen molar-refractivity contribution in [3.05, 3.63) is 46.6 Å². The highest BCUT2D eigenvalue weighted by Crippen LogP contribution is 2.23. The molecule has 0 aliphatic heterocycles. The molecule has 0 radical (unpaired) electrons. The fourth-order valence-electron chi connectivity index (χ4n) is 1.84. The van der Waals surface area contributed by atoms with Gasteiger partial charge in [0.05, 0.1) is 5.69 Å². The molecule has 2 rings (SSSR count). The van der Waals surface area contributed by atoms with E-state index in [0.29, 0.717) is 11.3 Å². The van der Waals surface area contributed by atoms with Gasteiger partial charge < -0.3 is 5.11 Å². The van der Waals surface area contributed by atoms with Crippen LogP contribution >= 0.6 is 0 Å². The van der Waals surface area contributed by atoms with Crippen molar-refractivity contribution in [1.29, 1.82) is 0 Å². The van der Waals surface area contributed by atoms with E-state index < -0.39 is 0 Å². The molecule has 17 heavy (non-hydrogen) atoms. The lowest BCUT2D eigenvalue weighted by atomic mass is 10.0. The molecule has 4 nitrogen and oxygen atoms in total. The van der Waals surface area contributed by atoms with Crippen molar-refractivity contribution in [3.63, 3.8) is 0 Å². The Balaban J connectivity index is 2.51. The maximum Gasteiger partial charge on any atom is 0.220 e. The second-order valence-electron chi connectivity index (χ2n) is 4.11. The van der Waals surface area contributed by atoms with Crippen LogP contribution < -0.4 is 0 Å². The normalized spacial score (nSPS) is 10.5. The van der Waals surface area contributed by atoms with E-state index in [-0.39, 0.29) is 17.2 Å². The van der Waals surface area contributed by atoms with Gasteiger partial charge >= 0.3 is 0 Å². The van der Waals surface area contributed by atoms with Crippen LogP contribution in [0.3, 0.4) is 0 Å². The Labute approximate surface area is 99.5 Å². The molecular weight excluding hydrogens is 216 g/mol. The average Bonchev–Trinajstić information content (AvgIpc) is 2.52. The van der Waals surface area contributed by atoms with E-state index in [1.807, 2.05) is 19.1 Å². The van der Waals surface area contributed by atoms with E-state index in [2.05, 4.69) is 5.10 Å². The summed E-state index contributed by atoms with van der Waals surface area (Å²) in [6.45, 7) is 3.63. The highest BCUT2D eigenvalue weighted by atomic mass is 16.3. The molecule has 0 atom stereocenters. The molecular formula is C13H14N2O2. The zero-order valence-corrected chi connectivity index (χ0v) is 10.1. The maximum absolute atomic E-state index is 12.2. The molecule has 0 aliphatic carbocycles. The molecule has 0 saturated carbocycles. The fraction of sp³-hybridized carbons (Fsp3) is 0.231. The summed E-state index contributed by atoms with van der Waals surface area (Å²) in [7, 11) is 1.61. The summed E-state index contributed by atoms with van der Waals surface area (Å²) in [5.41, 5.74) is 2.39. The van der Waals surface area contributed by atoms with Gasteiger partial charge in [0.15, 0.2) is 5.78 Å². The van der Waals surface area contributed by atoms with Gasteiger partial charge in [-0.3, -0.25) is 4.79 Å². The predicted octanol–water partition coefficient (Wildman–Crippen LogP) is 1.97. The van der Waals surface area contributed by atoms with Gasteiger partial charge in [-0.05, 0) is 19.9 Å². The smallest absolute Gasteiger partial charge is 0.220 e. The molecule has 1 aromatic heterocycles. The van der Waals surface area contributed by atoms with Crippen LogP contribution in [0, 0.1) is 13.8 Å². The minimum Gasteiger partial charge on any atom is -0.493 e. The SMILES string of the molecule is Cc1cccc(C(=O)c2c(C)nn(C)c2O)c1. The first-order valence-electron chi connectivity index (χ1n) is 5.34. The summed E-state index contributed by atoms with van der Waals surface area (Å²) in [4.78, 5) is 12.2. The lowest BCUT2D eigenvalue weighted by molar-refractivity contribution is 0.103. The molecule has 88 valence electrons. The van der Waals surface area contributed by atoms with Gasteiger partial charge in [0.1, 0.15) is 5.56 Å². The van der Waals surface area contributed by atoms with Gasteiger partial charge in [0.2, 0.25) is 5.88 Å². The number of aromatic hydroxyl groups is 1. The van der Waals surface area contributed by atoms with Crippen molar-refractivity contribution < 1.29 is 9.90 Å². The first-order chi connectivity index (χ1) is 8.00. The van der Waals surface area contributed by atoms with Crippen LogP contribution in [0.5, 0.6) is 5.88 Å². The number of hydrogen-bond donors (Lipinski definition) is 1. The number of aryl methyl sites for hydroxylation is 3. The van der Waals surface area contributed by atoms with E-state index in [0.717, 1.165) is 5.56 Å². The third-order valence-electron chi connectivity index (χ3n) is 2.70. The third kappa shape index (κ3) is 1.93. The number of hydrogen-bond acceptors (Lipinski definition) is 3. The first kappa shape index (κ1) is 11.4. The number of carbonyl (C=O) groups is 1. The molecule has 0 spiro atoms. The van der Waals surface area contributed by atoms with Crippen LogP contribution in [0.2, 0.25) is 0 Å². The molecule has 0 fully saturated rings. The van der Waals surface area contributed by atoms with Crippen molar-refractivity contribution in [2.45, 2.75) is 13.8 Å². The number of carbonyl (C=O) groups excluding carboxylic acids is 1. The Bertz CT molecular complexity index is 585. The van der Waals surface area contributed by atoms with Gasteiger partial charge in [-0.1, -0.05) is 23.8 Å². The van der Waals surface area contributed by atoms with Crippen molar-refractivity contribution in [2.24, 2.45) is 7.05 Å². The Kier molecular flexibility index (Phi) is 2.71. The summed E-state index contributed by atoms with van der Waals surface area (Å²) in [5, 5.41) is 13.8. The maximum atomic E-state index is 12.2. The average molecular weight is 230 g/mol. The van der Waals surface area contributed by atoms with E-state index in [9.17, 15) is 9.90 Å². The van der Waals surface area contributed by atoms with Gasteiger partial charge in [-0.25, -0.2) is 4.68 Å². The molecule has 0 unspecified atom stereocenters. The molecule has 4 heteroatoms. The topological polar surface area (TPSA) is 55.1 Å². The molecule has 0 bridgehead atoms. The second kappa shape index (κ2) is 4.05. The molecule has 2 aromatic rings. The Morgan fingerprint density at radius 3 is 2.59 bits per heavy atom. The molecule has 0 amide bonds. The number of ketones is 1. The molecule has 0 aliphatic rings. The molecule has 1 N–H and O–H groups in total.